The van der Waals surface area contributed by atoms with Gasteiger partial charge in [0.05, 0.1) is 17.1 Å². The first-order valence-electron chi connectivity index (χ1n) is 11.9. The van der Waals surface area contributed by atoms with Gasteiger partial charge in [-0.1, -0.05) is 12.6 Å². The average molecular weight is 429 g/mol. The predicted octanol–water partition coefficient (Wildman–Crippen LogP) is 4.27. The number of fused-ring (bicyclic) bond motifs is 3. The third-order valence-electron chi connectivity index (χ3n) is 7.73. The summed E-state index contributed by atoms with van der Waals surface area (Å²) in [6.07, 6.45) is 4.55. The lowest BCUT2D eigenvalue weighted by Gasteiger charge is -2.37. The summed E-state index contributed by atoms with van der Waals surface area (Å²) >= 11 is 0. The highest BCUT2D eigenvalue weighted by atomic mass is 15.3. The molecule has 0 amide bonds. The van der Waals surface area contributed by atoms with Crippen molar-refractivity contribution < 1.29 is 0 Å². The molecular formula is C26H32N6. The third-order valence-corrected chi connectivity index (χ3v) is 7.73. The van der Waals surface area contributed by atoms with Crippen molar-refractivity contribution in [1.29, 1.82) is 0 Å². The summed E-state index contributed by atoms with van der Waals surface area (Å²) in [5, 5.41) is 8.64. The number of hydrogen-bond acceptors (Lipinski definition) is 5. The van der Waals surface area contributed by atoms with Gasteiger partial charge in [-0.3, -0.25) is 0 Å². The highest BCUT2D eigenvalue weighted by Crippen LogP contribution is 2.42. The van der Waals surface area contributed by atoms with E-state index in [1.54, 1.807) is 0 Å². The van der Waals surface area contributed by atoms with E-state index in [1.165, 1.54) is 40.9 Å². The van der Waals surface area contributed by atoms with E-state index in [9.17, 15) is 0 Å². The van der Waals surface area contributed by atoms with E-state index in [0.717, 1.165) is 43.4 Å². The highest BCUT2D eigenvalue weighted by molar-refractivity contribution is 5.83. The van der Waals surface area contributed by atoms with Gasteiger partial charge in [0, 0.05) is 50.0 Å². The van der Waals surface area contributed by atoms with Crippen LogP contribution in [-0.4, -0.2) is 47.2 Å². The molecule has 0 radical (unpaired) electrons. The zero-order chi connectivity index (χ0) is 21.8. The van der Waals surface area contributed by atoms with Crippen LogP contribution in [0.4, 0.5) is 11.4 Å². The first kappa shape index (κ1) is 19.7. The number of hydrogen-bond donors (Lipinski definition) is 2. The van der Waals surface area contributed by atoms with Crippen LogP contribution in [0.1, 0.15) is 37.2 Å². The summed E-state index contributed by atoms with van der Waals surface area (Å²) in [5.74, 6) is 0.843. The van der Waals surface area contributed by atoms with E-state index >= 15 is 0 Å². The fourth-order valence-electron chi connectivity index (χ4n) is 5.92. The van der Waals surface area contributed by atoms with Crippen molar-refractivity contribution in [3.63, 3.8) is 0 Å². The molecule has 0 spiro atoms. The molecule has 166 valence electrons. The van der Waals surface area contributed by atoms with Crippen LogP contribution in [-0.2, 0) is 6.54 Å². The first-order valence-corrected chi connectivity index (χ1v) is 11.9. The normalized spacial score (nSPS) is 24.5. The van der Waals surface area contributed by atoms with Crippen molar-refractivity contribution >= 4 is 28.1 Å². The Morgan fingerprint density at radius 1 is 1.22 bits per heavy atom. The summed E-state index contributed by atoms with van der Waals surface area (Å²) in [6, 6.07) is 13.8. The number of anilines is 2. The maximum atomic E-state index is 4.62. The Morgan fingerprint density at radius 2 is 2.12 bits per heavy atom. The van der Waals surface area contributed by atoms with E-state index in [-0.39, 0.29) is 6.17 Å². The summed E-state index contributed by atoms with van der Waals surface area (Å²) < 4.78 is 2.31. The Hall–Kier alpha value is -2.99. The lowest BCUT2D eigenvalue weighted by Crippen LogP contribution is -2.45. The summed E-state index contributed by atoms with van der Waals surface area (Å²) in [4.78, 5) is 9.42. The molecule has 1 aromatic carbocycles. The van der Waals surface area contributed by atoms with Gasteiger partial charge in [0.2, 0.25) is 0 Å². The molecule has 3 atom stereocenters. The number of piperidine rings is 1. The molecule has 2 N–H and O–H groups in total. The molecule has 3 aliphatic rings. The number of nitrogens with one attached hydrogen (secondary N) is 2. The monoisotopic (exact) mass is 428 g/mol. The zero-order valence-corrected chi connectivity index (χ0v) is 19.0. The van der Waals surface area contributed by atoms with E-state index < -0.39 is 0 Å². The second kappa shape index (κ2) is 7.55. The summed E-state index contributed by atoms with van der Waals surface area (Å²) in [7, 11) is 2.17. The van der Waals surface area contributed by atoms with Gasteiger partial charge >= 0.3 is 0 Å². The fourth-order valence-corrected chi connectivity index (χ4v) is 5.92. The molecule has 2 saturated heterocycles. The van der Waals surface area contributed by atoms with Gasteiger partial charge in [-0.15, -0.1) is 0 Å². The summed E-state index contributed by atoms with van der Waals surface area (Å²) in [6.45, 7) is 10.9. The molecule has 0 bridgehead atoms. The number of pyridine rings is 1. The minimum atomic E-state index is 0.0844. The number of rotatable bonds is 4. The number of aryl methyl sites for hydroxylation is 1. The van der Waals surface area contributed by atoms with Crippen LogP contribution in [0.3, 0.4) is 0 Å². The lowest BCUT2D eigenvalue weighted by atomic mass is 9.92. The fraction of sp³-hybridized carbons (Fsp3) is 0.423. The SMILES string of the molecule is C=C(c1ccc2c(c1)NC(c1cc3cccnc3n1CC)N2C)N1CC[C@@H]2CCN[C@@H]2C1. The van der Waals surface area contributed by atoms with E-state index in [4.69, 9.17) is 0 Å². The van der Waals surface area contributed by atoms with Crippen LogP contribution in [0.25, 0.3) is 16.7 Å². The minimum Gasteiger partial charge on any atom is -0.370 e. The van der Waals surface area contributed by atoms with E-state index in [2.05, 4.69) is 80.9 Å². The highest BCUT2D eigenvalue weighted by Gasteiger charge is 2.34. The standard InChI is InChI=1S/C26H32N6/c1-4-32-24(15-20-6-5-11-28-25(20)32)26-29-21-14-19(7-8-23(21)30(26)3)17(2)31-13-10-18-9-12-27-22(18)16-31/h5-8,11,14-15,18,22,26-27,29H,2,4,9-10,12-13,16H2,1,3H3/t18-,22+,26?/m0/s1. The molecule has 3 aliphatic heterocycles. The number of likely N-dealkylation sites (tertiary alicyclic amines) is 1. The molecule has 6 heteroatoms. The van der Waals surface area contributed by atoms with Crippen LogP contribution < -0.4 is 15.5 Å². The Balaban J connectivity index is 1.27. The molecular weight excluding hydrogens is 396 g/mol. The molecule has 3 aromatic rings. The lowest BCUT2D eigenvalue weighted by molar-refractivity contribution is 0.231. The van der Waals surface area contributed by atoms with Crippen LogP contribution >= 0.6 is 0 Å². The number of aromatic nitrogens is 2. The Morgan fingerprint density at radius 3 is 3.00 bits per heavy atom. The quantitative estimate of drug-likeness (QED) is 0.650. The molecule has 0 saturated carbocycles. The van der Waals surface area contributed by atoms with Gasteiger partial charge in [0.1, 0.15) is 11.8 Å². The van der Waals surface area contributed by atoms with Gasteiger partial charge in [0.25, 0.3) is 0 Å². The molecule has 1 unspecified atom stereocenters. The van der Waals surface area contributed by atoms with Crippen molar-refractivity contribution in [3.05, 3.63) is 60.4 Å². The van der Waals surface area contributed by atoms with Gasteiger partial charge in [0.15, 0.2) is 0 Å². The number of benzene rings is 1. The molecule has 2 aromatic heterocycles. The van der Waals surface area contributed by atoms with Gasteiger partial charge in [-0.25, -0.2) is 4.98 Å². The van der Waals surface area contributed by atoms with Crippen molar-refractivity contribution in [2.24, 2.45) is 5.92 Å². The van der Waals surface area contributed by atoms with Crippen LogP contribution in [0.15, 0.2) is 49.2 Å². The second-order valence-corrected chi connectivity index (χ2v) is 9.41. The van der Waals surface area contributed by atoms with Crippen molar-refractivity contribution in [2.75, 3.05) is 36.9 Å². The third kappa shape index (κ3) is 3.00. The zero-order valence-electron chi connectivity index (χ0n) is 19.0. The molecule has 0 aliphatic carbocycles. The minimum absolute atomic E-state index is 0.0844. The Kier molecular flexibility index (Phi) is 4.65. The smallest absolute Gasteiger partial charge is 0.141 e. The Labute approximate surface area is 189 Å². The first-order chi connectivity index (χ1) is 15.6. The van der Waals surface area contributed by atoms with Crippen LogP contribution in [0, 0.1) is 5.92 Å². The van der Waals surface area contributed by atoms with Crippen molar-refractivity contribution in [3.8, 4) is 0 Å². The molecule has 32 heavy (non-hydrogen) atoms. The van der Waals surface area contributed by atoms with Crippen LogP contribution in [0.5, 0.6) is 0 Å². The predicted molar refractivity (Wildman–Crippen MR) is 132 cm³/mol. The van der Waals surface area contributed by atoms with Gasteiger partial charge < -0.3 is 25.0 Å². The average Bonchev–Trinajstić information content (AvgIpc) is 3.52. The van der Waals surface area contributed by atoms with Crippen molar-refractivity contribution in [1.82, 2.24) is 19.8 Å². The van der Waals surface area contributed by atoms with E-state index in [1.807, 2.05) is 12.3 Å². The molecule has 2 fully saturated rings. The summed E-state index contributed by atoms with van der Waals surface area (Å²) in [5.41, 5.74) is 7.04. The second-order valence-electron chi connectivity index (χ2n) is 9.41. The maximum Gasteiger partial charge on any atom is 0.141 e. The van der Waals surface area contributed by atoms with Crippen molar-refractivity contribution in [2.45, 2.75) is 38.5 Å². The van der Waals surface area contributed by atoms with E-state index in [0.29, 0.717) is 6.04 Å². The largest absolute Gasteiger partial charge is 0.370 e. The number of nitrogens with zero attached hydrogens (tertiary/aromatic N) is 4. The molecule has 6 rings (SSSR count). The maximum absolute atomic E-state index is 4.62. The topological polar surface area (TPSA) is 48.4 Å². The molecule has 6 nitrogen and oxygen atoms in total. The van der Waals surface area contributed by atoms with Gasteiger partial charge in [-0.05, 0) is 68.1 Å². The van der Waals surface area contributed by atoms with Crippen LogP contribution in [0.2, 0.25) is 0 Å². The van der Waals surface area contributed by atoms with Gasteiger partial charge in [-0.2, -0.15) is 0 Å². The molecule has 5 heterocycles. The Bertz CT molecular complexity index is 1180.